The van der Waals surface area contributed by atoms with Gasteiger partial charge < -0.3 is 10.1 Å². The molecule has 0 saturated carbocycles. The maximum Gasteiger partial charge on any atom is 0.335 e. The van der Waals surface area contributed by atoms with Gasteiger partial charge in [-0.2, -0.15) is 0 Å². The first-order chi connectivity index (χ1) is 9.29. The van der Waals surface area contributed by atoms with Crippen LogP contribution in [-0.4, -0.2) is 18.6 Å². The summed E-state index contributed by atoms with van der Waals surface area (Å²) < 4.78 is 5.25. The summed E-state index contributed by atoms with van der Waals surface area (Å²) in [6.07, 6.45) is 4.00. The molecular formula is C17H31NO2. The number of esters is 1. The van der Waals surface area contributed by atoms with Crippen LogP contribution in [0.1, 0.15) is 67.2 Å². The first-order valence-corrected chi connectivity index (χ1v) is 7.95. The number of carbonyl (C=O) groups is 1. The molecule has 1 N–H and O–H groups in total. The molecule has 0 saturated heterocycles. The second-order valence-electron chi connectivity index (χ2n) is 6.94. The van der Waals surface area contributed by atoms with Crippen molar-refractivity contribution in [2.45, 2.75) is 73.3 Å². The molecule has 0 aromatic heterocycles. The van der Waals surface area contributed by atoms with Crippen molar-refractivity contribution >= 4 is 5.97 Å². The Morgan fingerprint density at radius 3 is 2.55 bits per heavy atom. The van der Waals surface area contributed by atoms with E-state index >= 15 is 0 Å². The van der Waals surface area contributed by atoms with Gasteiger partial charge in [0.15, 0.2) is 0 Å². The Hall–Kier alpha value is -0.990. The van der Waals surface area contributed by atoms with Gasteiger partial charge >= 0.3 is 5.97 Å². The zero-order valence-corrected chi connectivity index (χ0v) is 14.0. The molecule has 3 heteroatoms. The zero-order chi connectivity index (χ0) is 15.3. The molecule has 0 spiro atoms. The summed E-state index contributed by atoms with van der Waals surface area (Å²) in [5.74, 6) is 0.414. The van der Waals surface area contributed by atoms with Gasteiger partial charge in [-0.15, -0.1) is 0 Å². The van der Waals surface area contributed by atoms with Crippen LogP contribution >= 0.6 is 0 Å². The third-order valence-corrected chi connectivity index (χ3v) is 4.34. The van der Waals surface area contributed by atoms with Gasteiger partial charge in [0.25, 0.3) is 0 Å². The number of hydrogen-bond donors (Lipinski definition) is 1. The fourth-order valence-electron chi connectivity index (χ4n) is 2.66. The van der Waals surface area contributed by atoms with E-state index in [1.54, 1.807) is 0 Å². The van der Waals surface area contributed by atoms with Gasteiger partial charge in [0.2, 0.25) is 0 Å². The predicted octanol–water partition coefficient (Wildman–Crippen LogP) is 4.04. The molecule has 0 bridgehead atoms. The molecule has 0 fully saturated rings. The highest BCUT2D eigenvalue weighted by Crippen LogP contribution is 2.40. The molecule has 2 atom stereocenters. The number of carbonyl (C=O) groups excluding carboxylic acids is 1. The van der Waals surface area contributed by atoms with Crippen molar-refractivity contribution in [3.63, 3.8) is 0 Å². The van der Waals surface area contributed by atoms with E-state index in [-0.39, 0.29) is 11.4 Å². The normalized spacial score (nSPS) is 21.6. The molecule has 0 aliphatic heterocycles. The summed E-state index contributed by atoms with van der Waals surface area (Å²) in [4.78, 5) is 12.2. The third kappa shape index (κ3) is 4.53. The van der Waals surface area contributed by atoms with Crippen molar-refractivity contribution in [2.24, 2.45) is 11.3 Å². The van der Waals surface area contributed by atoms with Gasteiger partial charge in [-0.05, 0) is 50.9 Å². The molecule has 0 heterocycles. The van der Waals surface area contributed by atoms with Crippen LogP contribution in [0.4, 0.5) is 0 Å². The Morgan fingerprint density at radius 2 is 2.05 bits per heavy atom. The van der Waals surface area contributed by atoms with E-state index < -0.39 is 0 Å². The minimum absolute atomic E-state index is 0.132. The first-order valence-electron chi connectivity index (χ1n) is 7.95. The molecule has 0 radical (unpaired) electrons. The molecule has 0 amide bonds. The molecule has 0 aromatic carbocycles. The van der Waals surface area contributed by atoms with Crippen LogP contribution in [0.2, 0.25) is 0 Å². The summed E-state index contributed by atoms with van der Waals surface area (Å²) >= 11 is 0. The highest BCUT2D eigenvalue weighted by molar-refractivity contribution is 5.89. The van der Waals surface area contributed by atoms with E-state index in [1.165, 1.54) is 0 Å². The SMILES string of the molecule is CCOC(=O)C1=C(NC(C)CC)CCC(C(C)(C)C)C1. The number of allylic oxidation sites excluding steroid dienone is 1. The highest BCUT2D eigenvalue weighted by Gasteiger charge is 2.33. The van der Waals surface area contributed by atoms with Gasteiger partial charge in [0, 0.05) is 11.7 Å². The monoisotopic (exact) mass is 281 g/mol. The Labute approximate surface area is 124 Å². The molecule has 1 rings (SSSR count). The second kappa shape index (κ2) is 7.14. The summed E-state index contributed by atoms with van der Waals surface area (Å²) in [6, 6.07) is 0.403. The van der Waals surface area contributed by atoms with Crippen molar-refractivity contribution < 1.29 is 9.53 Å². The fourth-order valence-corrected chi connectivity index (χ4v) is 2.66. The third-order valence-electron chi connectivity index (χ3n) is 4.34. The maximum absolute atomic E-state index is 12.2. The minimum atomic E-state index is -0.132. The average molecular weight is 281 g/mol. The number of ether oxygens (including phenoxy) is 1. The standard InChI is InChI=1S/C17H31NO2/c1-7-12(3)18-15-10-9-13(17(4,5)6)11-14(15)16(19)20-8-2/h12-13,18H,7-11H2,1-6H3. The predicted molar refractivity (Wildman–Crippen MR) is 83.3 cm³/mol. The number of nitrogens with one attached hydrogen (secondary N) is 1. The number of hydrogen-bond acceptors (Lipinski definition) is 3. The molecule has 3 nitrogen and oxygen atoms in total. The Kier molecular flexibility index (Phi) is 6.09. The largest absolute Gasteiger partial charge is 0.463 e. The smallest absolute Gasteiger partial charge is 0.335 e. The van der Waals surface area contributed by atoms with Gasteiger partial charge in [0.05, 0.1) is 12.2 Å². The van der Waals surface area contributed by atoms with E-state index in [9.17, 15) is 4.79 Å². The molecule has 1 aliphatic rings. The van der Waals surface area contributed by atoms with E-state index in [0.29, 0.717) is 18.6 Å². The van der Waals surface area contributed by atoms with E-state index in [0.717, 1.165) is 37.0 Å². The van der Waals surface area contributed by atoms with E-state index in [2.05, 4.69) is 39.9 Å². The summed E-state index contributed by atoms with van der Waals surface area (Å²) in [5.41, 5.74) is 2.22. The van der Waals surface area contributed by atoms with Gasteiger partial charge in [-0.3, -0.25) is 0 Å². The molecule has 0 aromatic rings. The fraction of sp³-hybridized carbons (Fsp3) is 0.824. The van der Waals surface area contributed by atoms with Crippen LogP contribution in [0.3, 0.4) is 0 Å². The van der Waals surface area contributed by atoms with Crippen LogP contribution in [0.15, 0.2) is 11.3 Å². The van der Waals surface area contributed by atoms with Crippen molar-refractivity contribution in [3.05, 3.63) is 11.3 Å². The molecule has 20 heavy (non-hydrogen) atoms. The quantitative estimate of drug-likeness (QED) is 0.773. The van der Waals surface area contributed by atoms with Crippen molar-refractivity contribution in [3.8, 4) is 0 Å². The Balaban J connectivity index is 2.95. The van der Waals surface area contributed by atoms with Crippen LogP contribution in [0.25, 0.3) is 0 Å². The average Bonchev–Trinajstić information content (AvgIpc) is 2.37. The lowest BCUT2D eigenvalue weighted by atomic mass is 9.71. The molecular weight excluding hydrogens is 250 g/mol. The summed E-state index contributed by atoms with van der Waals surface area (Å²) in [7, 11) is 0. The number of rotatable bonds is 5. The minimum Gasteiger partial charge on any atom is -0.463 e. The highest BCUT2D eigenvalue weighted by atomic mass is 16.5. The molecule has 1 aliphatic carbocycles. The van der Waals surface area contributed by atoms with Crippen molar-refractivity contribution in [1.82, 2.24) is 5.32 Å². The lowest BCUT2D eigenvalue weighted by Gasteiger charge is -2.36. The lowest BCUT2D eigenvalue weighted by molar-refractivity contribution is -0.139. The Morgan fingerprint density at radius 1 is 1.40 bits per heavy atom. The van der Waals surface area contributed by atoms with Crippen LogP contribution in [-0.2, 0) is 9.53 Å². The van der Waals surface area contributed by atoms with Gasteiger partial charge in [0.1, 0.15) is 0 Å². The van der Waals surface area contributed by atoms with E-state index in [1.807, 2.05) is 6.92 Å². The zero-order valence-electron chi connectivity index (χ0n) is 14.0. The van der Waals surface area contributed by atoms with Crippen molar-refractivity contribution in [2.75, 3.05) is 6.61 Å². The topological polar surface area (TPSA) is 38.3 Å². The first kappa shape index (κ1) is 17.1. The Bertz CT molecular complexity index is 366. The van der Waals surface area contributed by atoms with E-state index in [4.69, 9.17) is 4.74 Å². The van der Waals surface area contributed by atoms with Crippen LogP contribution < -0.4 is 5.32 Å². The maximum atomic E-state index is 12.2. The van der Waals surface area contributed by atoms with Gasteiger partial charge in [-0.25, -0.2) is 4.79 Å². The summed E-state index contributed by atoms with van der Waals surface area (Å²) in [6.45, 7) is 13.4. The van der Waals surface area contributed by atoms with Gasteiger partial charge in [-0.1, -0.05) is 27.7 Å². The van der Waals surface area contributed by atoms with Crippen molar-refractivity contribution in [1.29, 1.82) is 0 Å². The lowest BCUT2D eigenvalue weighted by Crippen LogP contribution is -2.33. The summed E-state index contributed by atoms with van der Waals surface area (Å²) in [5, 5.41) is 3.51. The van der Waals surface area contributed by atoms with Crippen LogP contribution in [0, 0.1) is 11.3 Å². The molecule has 116 valence electrons. The second-order valence-corrected chi connectivity index (χ2v) is 6.94. The molecule has 2 unspecified atom stereocenters. The van der Waals surface area contributed by atoms with Crippen LogP contribution in [0.5, 0.6) is 0 Å².